The number of carbonyl (C=O) groups excluding carboxylic acids is 1. The van der Waals surface area contributed by atoms with Crippen LogP contribution in [0.25, 0.3) is 6.08 Å². The summed E-state index contributed by atoms with van der Waals surface area (Å²) in [4.78, 5) is 11.1. The fourth-order valence-corrected chi connectivity index (χ4v) is 1.12. The van der Waals surface area contributed by atoms with E-state index in [1.165, 1.54) is 6.08 Å². The van der Waals surface area contributed by atoms with E-state index in [1.807, 2.05) is 18.2 Å². The number of hydrogen-bond acceptors (Lipinski definition) is 1. The molecule has 0 saturated carbocycles. The van der Waals surface area contributed by atoms with Crippen LogP contribution in [-0.2, 0) is 5.11 Å². The van der Waals surface area contributed by atoms with Crippen LogP contribution in [0.2, 0.25) is 0 Å². The number of amides is 2. The first kappa shape index (κ1) is 11.3. The Morgan fingerprint density at radius 3 is 2.80 bits per heavy atom. The summed E-state index contributed by atoms with van der Waals surface area (Å²) < 4.78 is 0. The molecular weight excluding hydrogens is 192 g/mol. The van der Waals surface area contributed by atoms with E-state index in [9.17, 15) is 9.90 Å². The minimum Gasteiger partial charge on any atom is -0.341 e. The minimum atomic E-state index is -0.280. The average Bonchev–Trinajstić information content (AvgIpc) is 2.28. The number of rotatable bonds is 3. The molecule has 0 fully saturated rings. The van der Waals surface area contributed by atoms with Crippen LogP contribution in [0.1, 0.15) is 5.56 Å². The number of benzene rings is 1. The first-order valence-corrected chi connectivity index (χ1v) is 4.60. The molecule has 0 atom stereocenters. The second-order valence-electron chi connectivity index (χ2n) is 2.86. The van der Waals surface area contributed by atoms with Gasteiger partial charge in [-0.2, -0.15) is 0 Å². The molecule has 0 aromatic heterocycles. The zero-order chi connectivity index (χ0) is 11.1. The molecular formula is C11H13N2O2. The Bertz CT molecular complexity index is 361. The van der Waals surface area contributed by atoms with Gasteiger partial charge in [-0.1, -0.05) is 30.4 Å². The summed E-state index contributed by atoms with van der Waals surface area (Å²) in [5.41, 5.74) is 1.50. The van der Waals surface area contributed by atoms with Crippen molar-refractivity contribution in [2.45, 2.75) is 0 Å². The molecule has 0 saturated heterocycles. The maximum Gasteiger partial charge on any atom is 0.318 e. The highest BCUT2D eigenvalue weighted by Crippen LogP contribution is 2.16. The lowest BCUT2D eigenvalue weighted by Gasteiger charge is -2.07. The zero-order valence-electron chi connectivity index (χ0n) is 8.49. The van der Waals surface area contributed by atoms with E-state index in [-0.39, 0.29) is 12.6 Å². The van der Waals surface area contributed by atoms with Crippen molar-refractivity contribution in [3.8, 4) is 0 Å². The van der Waals surface area contributed by atoms with Gasteiger partial charge in [0.15, 0.2) is 0 Å². The average molecular weight is 205 g/mol. The topological polar surface area (TPSA) is 61.0 Å². The largest absolute Gasteiger partial charge is 0.341 e. The monoisotopic (exact) mass is 205 g/mol. The van der Waals surface area contributed by atoms with Gasteiger partial charge in [-0.25, -0.2) is 9.90 Å². The molecule has 4 nitrogen and oxygen atoms in total. The van der Waals surface area contributed by atoms with E-state index >= 15 is 0 Å². The molecule has 0 aliphatic heterocycles. The lowest BCUT2D eigenvalue weighted by Crippen LogP contribution is -2.24. The SMILES string of the molecule is CNC(=O)Nc1ccccc1/C=C/C[O]. The molecule has 2 amide bonds. The molecule has 0 bridgehead atoms. The Balaban J connectivity index is 2.86. The summed E-state index contributed by atoms with van der Waals surface area (Å²) in [6.07, 6.45) is 3.20. The van der Waals surface area contributed by atoms with Crippen LogP contribution in [0.15, 0.2) is 30.3 Å². The molecule has 15 heavy (non-hydrogen) atoms. The van der Waals surface area contributed by atoms with Gasteiger partial charge in [-0.05, 0) is 11.6 Å². The van der Waals surface area contributed by atoms with Gasteiger partial charge >= 0.3 is 6.03 Å². The molecule has 1 rings (SSSR count). The number of para-hydroxylation sites is 1. The van der Waals surface area contributed by atoms with Gasteiger partial charge in [0.05, 0.1) is 0 Å². The Hall–Kier alpha value is -1.81. The summed E-state index contributed by atoms with van der Waals surface area (Å²) in [5, 5.41) is 15.4. The highest BCUT2D eigenvalue weighted by molar-refractivity contribution is 5.91. The van der Waals surface area contributed by atoms with Crippen LogP contribution in [0.5, 0.6) is 0 Å². The fourth-order valence-electron chi connectivity index (χ4n) is 1.12. The van der Waals surface area contributed by atoms with Crippen molar-refractivity contribution in [3.63, 3.8) is 0 Å². The van der Waals surface area contributed by atoms with Crippen LogP contribution >= 0.6 is 0 Å². The van der Waals surface area contributed by atoms with Gasteiger partial charge in [0.1, 0.15) is 6.61 Å². The van der Waals surface area contributed by atoms with Gasteiger partial charge in [0.2, 0.25) is 0 Å². The van der Waals surface area contributed by atoms with Crippen LogP contribution in [0.4, 0.5) is 10.5 Å². The van der Waals surface area contributed by atoms with E-state index < -0.39 is 0 Å². The first-order chi connectivity index (χ1) is 7.27. The number of hydrogen-bond donors (Lipinski definition) is 2. The standard InChI is InChI=1S/C11H13N2O2/c1-12-11(15)13-10-7-3-2-5-9(10)6-4-8-14/h2-7H,8H2,1H3,(H2,12,13,15)/b6-4+. The minimum absolute atomic E-state index is 0.270. The normalized spacial score (nSPS) is 10.3. The van der Waals surface area contributed by atoms with Crippen LogP contribution in [0, 0.1) is 0 Å². The molecule has 1 aromatic rings. The van der Waals surface area contributed by atoms with E-state index in [4.69, 9.17) is 0 Å². The van der Waals surface area contributed by atoms with Gasteiger partial charge < -0.3 is 10.6 Å². The van der Waals surface area contributed by atoms with Gasteiger partial charge in [-0.15, -0.1) is 0 Å². The molecule has 0 unspecified atom stereocenters. The smallest absolute Gasteiger partial charge is 0.318 e. The van der Waals surface area contributed by atoms with E-state index in [0.29, 0.717) is 5.69 Å². The Labute approximate surface area is 88.6 Å². The highest BCUT2D eigenvalue weighted by atomic mass is 16.2. The van der Waals surface area contributed by atoms with Crippen molar-refractivity contribution in [3.05, 3.63) is 35.9 Å². The van der Waals surface area contributed by atoms with E-state index in [2.05, 4.69) is 10.6 Å². The number of urea groups is 1. The van der Waals surface area contributed by atoms with Crippen molar-refractivity contribution in [2.75, 3.05) is 19.0 Å². The van der Waals surface area contributed by atoms with Gasteiger partial charge in [-0.3, -0.25) is 0 Å². The van der Waals surface area contributed by atoms with Crippen molar-refractivity contribution < 1.29 is 9.90 Å². The predicted molar refractivity (Wildman–Crippen MR) is 59.1 cm³/mol. The Kier molecular flexibility index (Phi) is 4.37. The fraction of sp³-hybridized carbons (Fsp3) is 0.182. The molecule has 0 aliphatic rings. The lowest BCUT2D eigenvalue weighted by molar-refractivity contribution is 0.233. The third-order valence-electron chi connectivity index (χ3n) is 1.83. The molecule has 2 N–H and O–H groups in total. The van der Waals surface area contributed by atoms with Gasteiger partial charge in [0.25, 0.3) is 0 Å². The summed E-state index contributed by atoms with van der Waals surface area (Å²) >= 11 is 0. The van der Waals surface area contributed by atoms with Gasteiger partial charge in [0, 0.05) is 12.7 Å². The third kappa shape index (κ3) is 3.44. The zero-order valence-corrected chi connectivity index (χ0v) is 8.49. The molecule has 79 valence electrons. The van der Waals surface area contributed by atoms with E-state index in [0.717, 1.165) is 5.56 Å². The second-order valence-corrected chi connectivity index (χ2v) is 2.86. The molecule has 4 heteroatoms. The van der Waals surface area contributed by atoms with E-state index in [1.54, 1.807) is 19.2 Å². The quantitative estimate of drug-likeness (QED) is 0.777. The predicted octanol–water partition coefficient (Wildman–Crippen LogP) is 1.88. The summed E-state index contributed by atoms with van der Waals surface area (Å²) in [6.45, 7) is -0.270. The highest BCUT2D eigenvalue weighted by Gasteiger charge is 2.01. The lowest BCUT2D eigenvalue weighted by atomic mass is 10.1. The summed E-state index contributed by atoms with van der Waals surface area (Å²) in [7, 11) is 1.55. The van der Waals surface area contributed by atoms with Crippen LogP contribution in [-0.4, -0.2) is 19.7 Å². The number of nitrogens with one attached hydrogen (secondary N) is 2. The van der Waals surface area contributed by atoms with Crippen molar-refractivity contribution >= 4 is 17.8 Å². The molecule has 0 aliphatic carbocycles. The maximum absolute atomic E-state index is 11.1. The Morgan fingerprint density at radius 1 is 1.40 bits per heavy atom. The van der Waals surface area contributed by atoms with Crippen LogP contribution < -0.4 is 10.6 Å². The molecule has 0 spiro atoms. The first-order valence-electron chi connectivity index (χ1n) is 4.60. The molecule has 0 heterocycles. The maximum atomic E-state index is 11.1. The molecule has 1 aromatic carbocycles. The second kappa shape index (κ2) is 5.82. The van der Waals surface area contributed by atoms with Crippen LogP contribution in [0.3, 0.4) is 0 Å². The van der Waals surface area contributed by atoms with Crippen molar-refractivity contribution in [1.82, 2.24) is 5.32 Å². The number of anilines is 1. The summed E-state index contributed by atoms with van der Waals surface area (Å²) in [5.74, 6) is 0. The summed E-state index contributed by atoms with van der Waals surface area (Å²) in [6, 6.07) is 6.99. The number of carbonyl (C=O) groups is 1. The van der Waals surface area contributed by atoms with Crippen molar-refractivity contribution in [2.24, 2.45) is 0 Å². The van der Waals surface area contributed by atoms with Crippen molar-refractivity contribution in [1.29, 1.82) is 0 Å². The molecule has 1 radical (unpaired) electrons. The third-order valence-corrected chi connectivity index (χ3v) is 1.83. The Morgan fingerprint density at radius 2 is 2.13 bits per heavy atom.